The largest absolute Gasteiger partial charge is 0.304 e. The van der Waals surface area contributed by atoms with Crippen molar-refractivity contribution in [1.29, 1.82) is 0 Å². The molecule has 0 unspecified atom stereocenters. The number of anilines is 1. The Morgan fingerprint density at radius 1 is 1.12 bits per heavy atom. The molecule has 8 heteroatoms. The van der Waals surface area contributed by atoms with Gasteiger partial charge in [0.1, 0.15) is 0 Å². The second kappa shape index (κ2) is 7.79. The first kappa shape index (κ1) is 18.3. The molecule has 1 heterocycles. The molecule has 0 atom stereocenters. The lowest BCUT2D eigenvalue weighted by atomic mass is 10.2. The normalized spacial score (nSPS) is 10.7. The third kappa shape index (κ3) is 4.36. The number of benzene rings is 2. The average molecular weight is 460 g/mol. The molecule has 0 aliphatic heterocycles. The first-order valence-electron chi connectivity index (χ1n) is 7.17. The Morgan fingerprint density at radius 2 is 1.88 bits per heavy atom. The number of amides is 1. The highest BCUT2D eigenvalue weighted by atomic mass is 79.9. The molecular formula is C17H11BrCl3N3O. The van der Waals surface area contributed by atoms with Gasteiger partial charge >= 0.3 is 0 Å². The molecule has 1 N–H and O–H groups in total. The van der Waals surface area contributed by atoms with Crippen LogP contribution >= 0.6 is 50.7 Å². The molecule has 0 radical (unpaired) electrons. The maximum Gasteiger partial charge on any atom is 0.258 e. The fourth-order valence-corrected chi connectivity index (χ4v) is 3.32. The molecule has 3 rings (SSSR count). The average Bonchev–Trinajstić information content (AvgIpc) is 2.89. The van der Waals surface area contributed by atoms with Crippen molar-refractivity contribution in [2.75, 3.05) is 5.32 Å². The molecule has 0 fully saturated rings. The summed E-state index contributed by atoms with van der Waals surface area (Å²) in [6.07, 6.45) is 1.77. The molecule has 0 spiro atoms. The van der Waals surface area contributed by atoms with E-state index in [0.29, 0.717) is 32.4 Å². The summed E-state index contributed by atoms with van der Waals surface area (Å²) in [5.41, 5.74) is 1.25. The van der Waals surface area contributed by atoms with Crippen molar-refractivity contribution in [2.24, 2.45) is 0 Å². The number of nitrogens with one attached hydrogen (secondary N) is 1. The summed E-state index contributed by atoms with van der Waals surface area (Å²) < 4.78 is 2.34. The Labute approximate surface area is 167 Å². The summed E-state index contributed by atoms with van der Waals surface area (Å²) in [4.78, 5) is 12.4. The quantitative estimate of drug-likeness (QED) is 0.528. The van der Waals surface area contributed by atoms with E-state index in [1.807, 2.05) is 24.3 Å². The van der Waals surface area contributed by atoms with Gasteiger partial charge in [-0.1, -0.05) is 53.0 Å². The van der Waals surface area contributed by atoms with Gasteiger partial charge in [0.15, 0.2) is 5.82 Å². The molecule has 3 aromatic rings. The van der Waals surface area contributed by atoms with E-state index >= 15 is 0 Å². The smallest absolute Gasteiger partial charge is 0.258 e. The number of hydrogen-bond donors (Lipinski definition) is 1. The second-order valence-corrected chi connectivity index (χ2v) is 7.30. The zero-order valence-corrected chi connectivity index (χ0v) is 16.5. The predicted octanol–water partition coefficient (Wildman–Crippen LogP) is 5.91. The van der Waals surface area contributed by atoms with Gasteiger partial charge in [-0.05, 0) is 45.8 Å². The first-order valence-corrected chi connectivity index (χ1v) is 9.09. The number of carbonyl (C=O) groups is 1. The van der Waals surface area contributed by atoms with Gasteiger partial charge in [-0.2, -0.15) is 5.10 Å². The van der Waals surface area contributed by atoms with Crippen LogP contribution in [0.5, 0.6) is 0 Å². The summed E-state index contributed by atoms with van der Waals surface area (Å²) >= 11 is 21.5. The molecule has 4 nitrogen and oxygen atoms in total. The minimum absolute atomic E-state index is 0.275. The summed E-state index contributed by atoms with van der Waals surface area (Å²) in [7, 11) is 0. The lowest BCUT2D eigenvalue weighted by Crippen LogP contribution is -2.13. The van der Waals surface area contributed by atoms with E-state index in [0.717, 1.165) is 5.56 Å². The highest BCUT2D eigenvalue weighted by Crippen LogP contribution is 2.25. The van der Waals surface area contributed by atoms with Crippen molar-refractivity contribution >= 4 is 62.5 Å². The Bertz CT molecular complexity index is 943. The van der Waals surface area contributed by atoms with Gasteiger partial charge in [-0.25, -0.2) is 0 Å². The van der Waals surface area contributed by atoms with Crippen LogP contribution in [0.25, 0.3) is 0 Å². The minimum Gasteiger partial charge on any atom is -0.304 e. The van der Waals surface area contributed by atoms with Gasteiger partial charge in [0.25, 0.3) is 5.91 Å². The molecule has 1 aromatic heterocycles. The minimum atomic E-state index is -0.370. The van der Waals surface area contributed by atoms with Crippen LogP contribution in [0.4, 0.5) is 5.82 Å². The summed E-state index contributed by atoms with van der Waals surface area (Å²) in [5, 5.41) is 8.50. The number of halogens is 4. The molecule has 0 saturated heterocycles. The third-order valence-electron chi connectivity index (χ3n) is 3.41. The van der Waals surface area contributed by atoms with Crippen molar-refractivity contribution < 1.29 is 4.79 Å². The van der Waals surface area contributed by atoms with E-state index in [1.165, 1.54) is 6.07 Å². The number of rotatable bonds is 4. The number of aromatic nitrogens is 2. The molecule has 25 heavy (non-hydrogen) atoms. The van der Waals surface area contributed by atoms with Gasteiger partial charge in [0.2, 0.25) is 0 Å². The molecule has 1 amide bonds. The summed E-state index contributed by atoms with van der Waals surface area (Å²) in [5.74, 6) is 0.0217. The first-order chi connectivity index (χ1) is 11.9. The number of carbonyl (C=O) groups excluding carboxylic acids is 1. The van der Waals surface area contributed by atoms with Crippen molar-refractivity contribution in [1.82, 2.24) is 9.78 Å². The van der Waals surface area contributed by atoms with Crippen LogP contribution in [-0.4, -0.2) is 15.7 Å². The van der Waals surface area contributed by atoms with Crippen LogP contribution in [0.15, 0.2) is 53.1 Å². The molecule has 128 valence electrons. The molecule has 0 aliphatic carbocycles. The lowest BCUT2D eigenvalue weighted by molar-refractivity contribution is 0.102. The zero-order chi connectivity index (χ0) is 18.0. The monoisotopic (exact) mass is 457 g/mol. The molecular weight excluding hydrogens is 448 g/mol. The Kier molecular flexibility index (Phi) is 5.69. The number of nitrogens with zero attached hydrogens (tertiary/aromatic N) is 2. The van der Waals surface area contributed by atoms with Crippen molar-refractivity contribution in [3.05, 3.63) is 79.3 Å². The Morgan fingerprint density at radius 3 is 2.60 bits per heavy atom. The van der Waals surface area contributed by atoms with Crippen LogP contribution in [0, 0.1) is 0 Å². The van der Waals surface area contributed by atoms with E-state index in [2.05, 4.69) is 26.3 Å². The molecule has 0 aliphatic rings. The molecule has 2 aromatic carbocycles. The number of hydrogen-bond acceptors (Lipinski definition) is 2. The van der Waals surface area contributed by atoms with Crippen molar-refractivity contribution in [3.63, 3.8) is 0 Å². The van der Waals surface area contributed by atoms with Gasteiger partial charge in [0, 0.05) is 16.2 Å². The lowest BCUT2D eigenvalue weighted by Gasteiger charge is -2.06. The highest BCUT2D eigenvalue weighted by molar-refractivity contribution is 9.10. The highest BCUT2D eigenvalue weighted by Gasteiger charge is 2.15. The zero-order valence-electron chi connectivity index (χ0n) is 12.6. The van der Waals surface area contributed by atoms with Gasteiger partial charge < -0.3 is 5.32 Å². The third-order valence-corrected chi connectivity index (χ3v) is 4.91. The fourth-order valence-electron chi connectivity index (χ4n) is 2.21. The predicted molar refractivity (Wildman–Crippen MR) is 105 cm³/mol. The van der Waals surface area contributed by atoms with E-state index in [-0.39, 0.29) is 10.9 Å². The molecule has 0 bridgehead atoms. The topological polar surface area (TPSA) is 46.9 Å². The van der Waals surface area contributed by atoms with Crippen LogP contribution < -0.4 is 5.32 Å². The maximum atomic E-state index is 12.4. The fraction of sp³-hybridized carbons (Fsp3) is 0.0588. The SMILES string of the molecule is O=C(Nc1nn(Cc2ccccc2Cl)cc1Br)c1ccc(Cl)cc1Cl. The Hall–Kier alpha value is -1.53. The van der Waals surface area contributed by atoms with Gasteiger partial charge in [-0.15, -0.1) is 0 Å². The van der Waals surface area contributed by atoms with Crippen LogP contribution in [-0.2, 0) is 6.54 Å². The van der Waals surface area contributed by atoms with Crippen molar-refractivity contribution in [3.8, 4) is 0 Å². The van der Waals surface area contributed by atoms with Crippen LogP contribution in [0.3, 0.4) is 0 Å². The molecule has 0 saturated carbocycles. The van der Waals surface area contributed by atoms with Gasteiger partial charge in [-0.3, -0.25) is 9.48 Å². The summed E-state index contributed by atoms with van der Waals surface area (Å²) in [6.45, 7) is 0.482. The Balaban J connectivity index is 1.78. The van der Waals surface area contributed by atoms with Gasteiger partial charge in [0.05, 0.1) is 21.6 Å². The van der Waals surface area contributed by atoms with E-state index in [9.17, 15) is 4.79 Å². The van der Waals surface area contributed by atoms with Crippen LogP contribution in [0.1, 0.15) is 15.9 Å². The van der Waals surface area contributed by atoms with E-state index < -0.39 is 0 Å². The van der Waals surface area contributed by atoms with E-state index in [1.54, 1.807) is 23.0 Å². The van der Waals surface area contributed by atoms with Crippen molar-refractivity contribution in [2.45, 2.75) is 6.54 Å². The van der Waals surface area contributed by atoms with Crippen LogP contribution in [0.2, 0.25) is 15.1 Å². The second-order valence-electron chi connectivity index (χ2n) is 5.19. The van der Waals surface area contributed by atoms with E-state index in [4.69, 9.17) is 34.8 Å². The standard InChI is InChI=1S/C17H11BrCl3N3O/c18-13-9-24(8-10-3-1-2-4-14(10)20)23-16(13)22-17(25)12-6-5-11(19)7-15(12)21/h1-7,9H,8H2,(H,22,23,25). The maximum absolute atomic E-state index is 12.4. The summed E-state index contributed by atoms with van der Waals surface area (Å²) in [6, 6.07) is 12.2.